The van der Waals surface area contributed by atoms with E-state index in [0.717, 1.165) is 11.0 Å². The number of carbonyl (C=O) groups is 2. The van der Waals surface area contributed by atoms with E-state index < -0.39 is 35.6 Å². The summed E-state index contributed by atoms with van der Waals surface area (Å²) < 4.78 is 39.9. The number of pyridine rings is 1. The van der Waals surface area contributed by atoms with Crippen molar-refractivity contribution < 1.29 is 33.0 Å². The minimum absolute atomic E-state index is 0.0452. The van der Waals surface area contributed by atoms with Crippen LogP contribution >= 0.6 is 0 Å². The molecular formula is C25H22F2N2O5. The van der Waals surface area contributed by atoms with Crippen molar-refractivity contribution in [3.63, 3.8) is 0 Å². The van der Waals surface area contributed by atoms with Crippen molar-refractivity contribution in [2.75, 3.05) is 14.2 Å². The second kappa shape index (κ2) is 9.46. The van der Waals surface area contributed by atoms with E-state index >= 15 is 4.39 Å². The maximum absolute atomic E-state index is 15.2. The lowest BCUT2D eigenvalue weighted by molar-refractivity contribution is -0.141. The number of amides is 1. The number of aromatic nitrogens is 1. The first-order chi connectivity index (χ1) is 16.3. The quantitative estimate of drug-likeness (QED) is 0.574. The maximum Gasteiger partial charge on any atom is 0.326 e. The number of methoxy groups -OCH3 is 2. The number of benzene rings is 2. The van der Waals surface area contributed by atoms with Crippen molar-refractivity contribution in [2.24, 2.45) is 0 Å². The van der Waals surface area contributed by atoms with E-state index in [1.807, 2.05) is 0 Å². The number of carboxylic acids is 1. The number of ether oxygens (including phenoxy) is 2. The molecule has 0 aliphatic carbocycles. The number of likely N-dealkylation sites (tertiary alicyclic amines) is 1. The zero-order chi connectivity index (χ0) is 24.4. The standard InChI is InChI=1S/C25H22F2N2O5/c1-33-22-12-9-16(23(28-22)34-2)15-8-7-14(13-19(15)27)24(30)29-20(10-11-21(29)25(31)32)17-5-3-4-6-18(17)26/h3-9,12-13,20-21H,10-11H2,1-2H3,(H,31,32)/t20-,21+/m1/s1. The average Bonchev–Trinajstić information content (AvgIpc) is 3.28. The second-order valence-corrected chi connectivity index (χ2v) is 7.79. The van der Waals surface area contributed by atoms with Crippen LogP contribution in [0.4, 0.5) is 8.78 Å². The van der Waals surface area contributed by atoms with Crippen LogP contribution in [0.25, 0.3) is 11.1 Å². The van der Waals surface area contributed by atoms with Gasteiger partial charge in [-0.1, -0.05) is 24.3 Å². The fourth-order valence-electron chi connectivity index (χ4n) is 4.30. The molecule has 0 unspecified atom stereocenters. The van der Waals surface area contributed by atoms with Gasteiger partial charge in [-0.15, -0.1) is 0 Å². The van der Waals surface area contributed by atoms with Gasteiger partial charge >= 0.3 is 5.97 Å². The minimum atomic E-state index is -1.20. The molecule has 1 aliphatic rings. The molecule has 9 heteroatoms. The summed E-state index contributed by atoms with van der Waals surface area (Å²) in [5.41, 5.74) is 0.681. The first-order valence-electron chi connectivity index (χ1n) is 10.5. The third kappa shape index (κ3) is 4.16. The van der Waals surface area contributed by atoms with Crippen LogP contribution in [0.1, 0.15) is 34.8 Å². The Balaban J connectivity index is 1.71. The van der Waals surface area contributed by atoms with E-state index in [1.54, 1.807) is 18.2 Å². The van der Waals surface area contributed by atoms with Crippen LogP contribution in [-0.4, -0.2) is 47.1 Å². The Bertz CT molecular complexity index is 1250. The number of nitrogens with zero attached hydrogens (tertiary/aromatic N) is 2. The minimum Gasteiger partial charge on any atom is -0.481 e. The van der Waals surface area contributed by atoms with Crippen molar-refractivity contribution in [3.8, 4) is 22.9 Å². The van der Waals surface area contributed by atoms with Crippen molar-refractivity contribution in [2.45, 2.75) is 24.9 Å². The Hall–Kier alpha value is -4.01. The van der Waals surface area contributed by atoms with Gasteiger partial charge in [0, 0.05) is 28.3 Å². The summed E-state index contributed by atoms with van der Waals surface area (Å²) in [6.45, 7) is 0. The first kappa shape index (κ1) is 23.2. The maximum atomic E-state index is 15.2. The highest BCUT2D eigenvalue weighted by atomic mass is 19.1. The van der Waals surface area contributed by atoms with Crippen molar-refractivity contribution in [1.82, 2.24) is 9.88 Å². The third-order valence-corrected chi connectivity index (χ3v) is 5.91. The molecule has 34 heavy (non-hydrogen) atoms. The summed E-state index contributed by atoms with van der Waals surface area (Å²) in [5.74, 6) is -2.70. The molecule has 7 nitrogen and oxygen atoms in total. The number of aliphatic carboxylic acids is 1. The second-order valence-electron chi connectivity index (χ2n) is 7.79. The predicted molar refractivity (Wildman–Crippen MR) is 119 cm³/mol. The third-order valence-electron chi connectivity index (χ3n) is 5.91. The van der Waals surface area contributed by atoms with Crippen LogP contribution in [0.5, 0.6) is 11.8 Å². The van der Waals surface area contributed by atoms with Crippen molar-refractivity contribution in [3.05, 3.63) is 77.4 Å². The molecule has 1 aromatic heterocycles. The fraction of sp³-hybridized carbons (Fsp3) is 0.240. The van der Waals surface area contributed by atoms with Crippen LogP contribution in [0.3, 0.4) is 0 Å². The highest BCUT2D eigenvalue weighted by molar-refractivity contribution is 5.98. The SMILES string of the molecule is COc1ccc(-c2ccc(C(=O)N3[C@@H](c4ccccc4F)CC[C@H]3C(=O)O)cc2F)c(OC)n1. The summed E-state index contributed by atoms with van der Waals surface area (Å²) in [6.07, 6.45) is 0.439. The molecular weight excluding hydrogens is 446 g/mol. The van der Waals surface area contributed by atoms with Crippen molar-refractivity contribution in [1.29, 1.82) is 0 Å². The lowest BCUT2D eigenvalue weighted by Gasteiger charge is -2.29. The van der Waals surface area contributed by atoms with Gasteiger partial charge < -0.3 is 19.5 Å². The molecule has 2 heterocycles. The predicted octanol–water partition coefficient (Wildman–Crippen LogP) is 4.47. The van der Waals surface area contributed by atoms with Crippen LogP contribution in [0, 0.1) is 11.6 Å². The molecule has 1 amide bonds. The molecule has 3 aromatic rings. The molecule has 1 saturated heterocycles. The highest BCUT2D eigenvalue weighted by Gasteiger charge is 2.43. The number of rotatable bonds is 6. The van der Waals surface area contributed by atoms with E-state index in [0.29, 0.717) is 11.4 Å². The van der Waals surface area contributed by atoms with Crippen LogP contribution in [0.2, 0.25) is 0 Å². The Morgan fingerprint density at radius 2 is 1.71 bits per heavy atom. The lowest BCUT2D eigenvalue weighted by Crippen LogP contribution is -2.42. The summed E-state index contributed by atoms with van der Waals surface area (Å²) in [4.78, 5) is 30.5. The monoisotopic (exact) mass is 468 g/mol. The normalized spacial score (nSPS) is 17.5. The van der Waals surface area contributed by atoms with E-state index in [4.69, 9.17) is 9.47 Å². The van der Waals surface area contributed by atoms with Gasteiger partial charge in [0.05, 0.1) is 20.3 Å². The van der Waals surface area contributed by atoms with Crippen LogP contribution in [0.15, 0.2) is 54.6 Å². The van der Waals surface area contributed by atoms with Gasteiger partial charge in [-0.25, -0.2) is 13.6 Å². The number of carboxylic acid groups (broad SMARTS) is 1. The van der Waals surface area contributed by atoms with Gasteiger partial charge in [-0.05, 0) is 37.1 Å². The fourth-order valence-corrected chi connectivity index (χ4v) is 4.30. The molecule has 4 rings (SSSR count). The molecule has 176 valence electrons. The van der Waals surface area contributed by atoms with Gasteiger partial charge in [-0.2, -0.15) is 4.98 Å². The smallest absolute Gasteiger partial charge is 0.326 e. The van der Waals surface area contributed by atoms with E-state index in [2.05, 4.69) is 4.98 Å². The Labute approximate surface area is 194 Å². The van der Waals surface area contributed by atoms with Crippen molar-refractivity contribution >= 4 is 11.9 Å². The molecule has 2 atom stereocenters. The zero-order valence-corrected chi connectivity index (χ0v) is 18.5. The van der Waals surface area contributed by atoms with Gasteiger partial charge in [0.25, 0.3) is 5.91 Å². The number of hydrogen-bond donors (Lipinski definition) is 1. The number of carbonyl (C=O) groups excluding carboxylic acids is 1. The van der Waals surface area contributed by atoms with Gasteiger partial charge in [0.1, 0.15) is 17.7 Å². The molecule has 1 N–H and O–H groups in total. The Morgan fingerprint density at radius 3 is 2.35 bits per heavy atom. The molecule has 0 radical (unpaired) electrons. The molecule has 0 saturated carbocycles. The summed E-state index contributed by atoms with van der Waals surface area (Å²) >= 11 is 0. The summed E-state index contributed by atoms with van der Waals surface area (Å²) in [6, 6.07) is 11.0. The van der Waals surface area contributed by atoms with E-state index in [-0.39, 0.29) is 35.4 Å². The molecule has 2 aromatic carbocycles. The zero-order valence-electron chi connectivity index (χ0n) is 18.5. The summed E-state index contributed by atoms with van der Waals surface area (Å²) in [5, 5.41) is 9.67. The van der Waals surface area contributed by atoms with E-state index in [1.165, 1.54) is 44.6 Å². The van der Waals surface area contributed by atoms with Gasteiger partial charge in [0.2, 0.25) is 11.8 Å². The van der Waals surface area contributed by atoms with Gasteiger partial charge in [0.15, 0.2) is 0 Å². The van der Waals surface area contributed by atoms with E-state index in [9.17, 15) is 19.1 Å². The number of hydrogen-bond acceptors (Lipinski definition) is 5. The molecule has 0 bridgehead atoms. The Kier molecular flexibility index (Phi) is 6.45. The topological polar surface area (TPSA) is 89.0 Å². The molecule has 0 spiro atoms. The lowest BCUT2D eigenvalue weighted by atomic mass is 10.0. The molecule has 1 fully saturated rings. The first-order valence-corrected chi connectivity index (χ1v) is 10.5. The van der Waals surface area contributed by atoms with Gasteiger partial charge in [-0.3, -0.25) is 4.79 Å². The van der Waals surface area contributed by atoms with Crippen LogP contribution in [-0.2, 0) is 4.79 Å². The highest BCUT2D eigenvalue weighted by Crippen LogP contribution is 2.39. The molecule has 1 aliphatic heterocycles. The Morgan fingerprint density at radius 1 is 0.971 bits per heavy atom. The summed E-state index contributed by atoms with van der Waals surface area (Å²) in [7, 11) is 2.84. The average molecular weight is 468 g/mol. The van der Waals surface area contributed by atoms with Crippen LogP contribution < -0.4 is 9.47 Å². The largest absolute Gasteiger partial charge is 0.481 e. The number of halogens is 2.